The molecule has 3 rings (SSSR count). The minimum Gasteiger partial charge on any atom is -0.378 e. The lowest BCUT2D eigenvalue weighted by Crippen LogP contribution is -2.11. The van der Waals surface area contributed by atoms with Crippen LogP contribution in [0.1, 0.15) is 5.01 Å². The van der Waals surface area contributed by atoms with E-state index in [-0.39, 0.29) is 10.7 Å². The zero-order chi connectivity index (χ0) is 18.0. The molecule has 0 spiro atoms. The molecule has 0 saturated carbocycles. The monoisotopic (exact) mass is 378 g/mol. The van der Waals surface area contributed by atoms with Gasteiger partial charge in [-0.15, -0.1) is 11.3 Å². The molecule has 0 fully saturated rings. The predicted molar refractivity (Wildman–Crippen MR) is 95.0 cm³/mol. The summed E-state index contributed by atoms with van der Waals surface area (Å²) in [6.07, 6.45) is 0. The largest absolute Gasteiger partial charge is 0.378 e. The summed E-state index contributed by atoms with van der Waals surface area (Å²) in [5.41, 5.74) is 2.26. The Kier molecular flexibility index (Phi) is 4.96. The van der Waals surface area contributed by atoms with Gasteiger partial charge in [-0.2, -0.15) is 0 Å². The van der Waals surface area contributed by atoms with E-state index in [1.54, 1.807) is 31.4 Å². The minimum absolute atomic E-state index is 0.0428. The van der Waals surface area contributed by atoms with Crippen LogP contribution in [-0.2, 0) is 21.4 Å². The smallest absolute Gasteiger partial charge is 0.238 e. The molecule has 1 heterocycles. The van der Waals surface area contributed by atoms with Crippen LogP contribution in [0.25, 0.3) is 21.7 Å². The zero-order valence-corrected chi connectivity index (χ0v) is 14.9. The summed E-state index contributed by atoms with van der Waals surface area (Å²) in [5, 5.41) is 5.91. The second-order valence-electron chi connectivity index (χ2n) is 5.29. The highest BCUT2D eigenvalue weighted by atomic mass is 32.2. The third-order valence-corrected chi connectivity index (χ3v) is 5.51. The normalized spacial score (nSPS) is 11.6. The van der Waals surface area contributed by atoms with Crippen molar-refractivity contribution in [3.05, 3.63) is 59.4 Å². The van der Waals surface area contributed by atoms with Crippen LogP contribution in [0.3, 0.4) is 0 Å². The van der Waals surface area contributed by atoms with Gasteiger partial charge < -0.3 is 4.74 Å². The molecule has 0 aliphatic rings. The van der Waals surface area contributed by atoms with Gasteiger partial charge in [0.25, 0.3) is 0 Å². The predicted octanol–water partition coefficient (Wildman–Crippen LogP) is 3.41. The lowest BCUT2D eigenvalue weighted by molar-refractivity contribution is 0.184. The van der Waals surface area contributed by atoms with Crippen LogP contribution < -0.4 is 5.14 Å². The van der Waals surface area contributed by atoms with Gasteiger partial charge in [0.1, 0.15) is 10.8 Å². The van der Waals surface area contributed by atoms with E-state index < -0.39 is 10.0 Å². The molecule has 1 aromatic heterocycles. The number of methoxy groups -OCH3 is 1. The quantitative estimate of drug-likeness (QED) is 0.738. The molecule has 0 unspecified atom stereocenters. The molecule has 25 heavy (non-hydrogen) atoms. The Bertz CT molecular complexity index is 982. The maximum atomic E-state index is 13.2. The molecule has 3 aromatic rings. The maximum Gasteiger partial charge on any atom is 0.238 e. The Hall–Kier alpha value is -2.13. The maximum absolute atomic E-state index is 13.2. The number of primary sulfonamides is 1. The van der Waals surface area contributed by atoms with Gasteiger partial charge >= 0.3 is 0 Å². The van der Waals surface area contributed by atoms with Crippen molar-refractivity contribution in [2.45, 2.75) is 11.5 Å². The third-order valence-electron chi connectivity index (χ3n) is 3.50. The second-order valence-corrected chi connectivity index (χ2v) is 7.94. The summed E-state index contributed by atoms with van der Waals surface area (Å²) in [6, 6.07) is 12.3. The molecule has 0 radical (unpaired) electrons. The molecule has 0 saturated heterocycles. The summed E-state index contributed by atoms with van der Waals surface area (Å²) in [5.74, 6) is -0.324. The first-order valence-corrected chi connectivity index (χ1v) is 9.62. The minimum atomic E-state index is -3.75. The standard InChI is InChI=1S/C17H15FN2O3S2/c1-23-10-15-20-16(11-2-6-13(18)7-3-11)17(24-15)12-4-8-14(9-5-12)25(19,21)22/h2-9H,10H2,1H3,(H2,19,21,22). The number of ether oxygens (including phenoxy) is 1. The molecule has 2 N–H and O–H groups in total. The number of hydrogen-bond donors (Lipinski definition) is 1. The molecule has 2 aromatic carbocycles. The molecule has 5 nitrogen and oxygen atoms in total. The van der Waals surface area contributed by atoms with Crippen LogP contribution in [0.2, 0.25) is 0 Å². The summed E-state index contributed by atoms with van der Waals surface area (Å²) in [6.45, 7) is 0.355. The van der Waals surface area contributed by atoms with Crippen molar-refractivity contribution in [3.63, 3.8) is 0 Å². The molecule has 0 aliphatic heterocycles. The van der Waals surface area contributed by atoms with E-state index in [1.807, 2.05) is 0 Å². The fourth-order valence-electron chi connectivity index (χ4n) is 2.34. The Morgan fingerprint density at radius 3 is 2.24 bits per heavy atom. The van der Waals surface area contributed by atoms with Gasteiger partial charge in [-0.05, 0) is 42.0 Å². The first-order chi connectivity index (χ1) is 11.9. The topological polar surface area (TPSA) is 82.3 Å². The molecule has 0 bridgehead atoms. The Labute approximate surface area is 149 Å². The summed E-state index contributed by atoms with van der Waals surface area (Å²) < 4.78 is 41.2. The number of nitrogens with two attached hydrogens (primary N) is 1. The molecule has 0 aliphatic carbocycles. The van der Waals surface area contributed by atoms with Crippen LogP contribution in [0.5, 0.6) is 0 Å². The molecule has 130 valence electrons. The van der Waals surface area contributed by atoms with E-state index in [0.717, 1.165) is 21.0 Å². The Balaban J connectivity index is 2.09. The van der Waals surface area contributed by atoms with Gasteiger partial charge in [0.2, 0.25) is 10.0 Å². The second kappa shape index (κ2) is 7.01. The fraction of sp³-hybridized carbons (Fsp3) is 0.118. The van der Waals surface area contributed by atoms with Gasteiger partial charge in [0, 0.05) is 12.7 Å². The lowest BCUT2D eigenvalue weighted by Gasteiger charge is -2.04. The van der Waals surface area contributed by atoms with Crippen LogP contribution >= 0.6 is 11.3 Å². The number of benzene rings is 2. The highest BCUT2D eigenvalue weighted by Gasteiger charge is 2.16. The number of halogens is 1. The van der Waals surface area contributed by atoms with Crippen molar-refractivity contribution in [3.8, 4) is 21.7 Å². The Morgan fingerprint density at radius 2 is 1.68 bits per heavy atom. The first-order valence-electron chi connectivity index (χ1n) is 7.26. The number of aromatic nitrogens is 1. The molecule has 0 atom stereocenters. The SMILES string of the molecule is COCc1nc(-c2ccc(F)cc2)c(-c2ccc(S(N)(=O)=O)cc2)s1. The molecule has 8 heteroatoms. The molecular formula is C17H15FN2O3S2. The van der Waals surface area contributed by atoms with Crippen LogP contribution in [0, 0.1) is 5.82 Å². The number of hydrogen-bond acceptors (Lipinski definition) is 5. The molecule has 0 amide bonds. The zero-order valence-electron chi connectivity index (χ0n) is 13.3. The number of rotatable bonds is 5. The van der Waals surface area contributed by atoms with Gasteiger partial charge in [-0.25, -0.2) is 22.9 Å². The summed E-state index contributed by atoms with van der Waals surface area (Å²) in [7, 11) is -2.16. The lowest BCUT2D eigenvalue weighted by atomic mass is 10.1. The van der Waals surface area contributed by atoms with Gasteiger partial charge in [-0.1, -0.05) is 12.1 Å². The molecular weight excluding hydrogens is 363 g/mol. The highest BCUT2D eigenvalue weighted by molar-refractivity contribution is 7.89. The van der Waals surface area contributed by atoms with E-state index in [9.17, 15) is 12.8 Å². The van der Waals surface area contributed by atoms with Crippen molar-refractivity contribution < 1.29 is 17.5 Å². The number of thiazole rings is 1. The van der Waals surface area contributed by atoms with Crippen molar-refractivity contribution in [2.75, 3.05) is 7.11 Å². The third kappa shape index (κ3) is 3.93. The van der Waals surface area contributed by atoms with E-state index in [4.69, 9.17) is 9.88 Å². The van der Waals surface area contributed by atoms with Crippen molar-refractivity contribution >= 4 is 21.4 Å². The van der Waals surface area contributed by atoms with Crippen LogP contribution in [0.4, 0.5) is 4.39 Å². The van der Waals surface area contributed by atoms with Gasteiger partial charge in [-0.3, -0.25) is 0 Å². The average Bonchev–Trinajstić information content (AvgIpc) is 2.99. The Morgan fingerprint density at radius 1 is 1.08 bits per heavy atom. The summed E-state index contributed by atoms with van der Waals surface area (Å²) in [4.78, 5) is 5.47. The average molecular weight is 378 g/mol. The first kappa shape index (κ1) is 17.7. The number of nitrogens with zero attached hydrogens (tertiary/aromatic N) is 1. The van der Waals surface area contributed by atoms with E-state index >= 15 is 0 Å². The van der Waals surface area contributed by atoms with Crippen LogP contribution in [0.15, 0.2) is 53.4 Å². The number of sulfonamides is 1. The van der Waals surface area contributed by atoms with Gasteiger partial charge in [0.05, 0.1) is 22.1 Å². The van der Waals surface area contributed by atoms with E-state index in [1.165, 1.54) is 35.6 Å². The van der Waals surface area contributed by atoms with Gasteiger partial charge in [0.15, 0.2) is 0 Å². The van der Waals surface area contributed by atoms with E-state index in [2.05, 4.69) is 4.98 Å². The van der Waals surface area contributed by atoms with Crippen molar-refractivity contribution in [2.24, 2.45) is 5.14 Å². The highest BCUT2D eigenvalue weighted by Crippen LogP contribution is 2.37. The van der Waals surface area contributed by atoms with E-state index in [0.29, 0.717) is 12.3 Å². The van der Waals surface area contributed by atoms with Crippen LogP contribution in [-0.4, -0.2) is 20.5 Å². The fourth-order valence-corrected chi connectivity index (χ4v) is 3.92. The van der Waals surface area contributed by atoms with Crippen molar-refractivity contribution in [1.29, 1.82) is 0 Å². The summed E-state index contributed by atoms with van der Waals surface area (Å²) >= 11 is 1.44. The van der Waals surface area contributed by atoms with Crippen molar-refractivity contribution in [1.82, 2.24) is 4.98 Å².